The van der Waals surface area contributed by atoms with E-state index in [1.54, 1.807) is 48.5 Å². The van der Waals surface area contributed by atoms with Crippen LogP contribution in [0.3, 0.4) is 0 Å². The fraction of sp³-hybridized carbons (Fsp3) is 0. The molecule has 206 valence electrons. The molecule has 0 atom stereocenters. The Hall–Kier alpha value is -5.59. The minimum atomic E-state index is -2.29. The van der Waals surface area contributed by atoms with Gasteiger partial charge in [0.1, 0.15) is 22.6 Å². The zero-order valence-corrected chi connectivity index (χ0v) is 21.5. The third-order valence-corrected chi connectivity index (χ3v) is 7.82. The van der Waals surface area contributed by atoms with Gasteiger partial charge in [0.25, 0.3) is 0 Å². The molecule has 4 bridgehead atoms. The van der Waals surface area contributed by atoms with Crippen LogP contribution in [-0.4, -0.2) is 27.8 Å². The Kier molecular flexibility index (Phi) is 4.61. The van der Waals surface area contributed by atoms with Crippen LogP contribution in [0.1, 0.15) is 11.1 Å². The van der Waals surface area contributed by atoms with Gasteiger partial charge >= 0.3 is 7.19 Å². The molecule has 0 saturated heterocycles. The van der Waals surface area contributed by atoms with Crippen LogP contribution in [0.15, 0.2) is 92.8 Å². The number of hydrogen-bond donors (Lipinski definition) is 0. The monoisotopic (exact) mass is 578 g/mol. The second kappa shape index (κ2) is 8.25. The van der Waals surface area contributed by atoms with E-state index in [1.807, 2.05) is 24.3 Å². The van der Waals surface area contributed by atoms with Crippen molar-refractivity contribution in [3.8, 4) is 5.75 Å². The molecule has 2 aromatic heterocycles. The van der Waals surface area contributed by atoms with Crippen molar-refractivity contribution in [2.45, 2.75) is 0 Å². The van der Waals surface area contributed by atoms with Crippen molar-refractivity contribution in [3.63, 3.8) is 0 Å². The summed E-state index contributed by atoms with van der Waals surface area (Å²) in [6.45, 7) is 0. The number of halogens is 5. The fourth-order valence-corrected chi connectivity index (χ4v) is 5.92. The summed E-state index contributed by atoms with van der Waals surface area (Å²) in [5.41, 5.74) is 1.98. The average Bonchev–Trinajstić information content (AvgIpc) is 3.66. The smallest absolute Gasteiger partial charge is 0.518 e. The summed E-state index contributed by atoms with van der Waals surface area (Å²) in [4.78, 5) is 19.4. The maximum atomic E-state index is 15.1. The predicted octanol–water partition coefficient (Wildman–Crippen LogP) is 5.49. The molecule has 0 N–H and O–H groups in total. The molecular formula is C30H12BF5N6O. The molecular weight excluding hydrogens is 566 g/mol. The van der Waals surface area contributed by atoms with Crippen molar-refractivity contribution < 1.29 is 26.6 Å². The van der Waals surface area contributed by atoms with E-state index in [2.05, 4.69) is 0 Å². The molecule has 0 radical (unpaired) electrons. The Balaban J connectivity index is 1.49. The van der Waals surface area contributed by atoms with Crippen LogP contribution >= 0.6 is 0 Å². The van der Waals surface area contributed by atoms with Gasteiger partial charge in [0.15, 0.2) is 17.4 Å². The quantitative estimate of drug-likeness (QED) is 0.116. The Morgan fingerprint density at radius 1 is 0.488 bits per heavy atom. The lowest BCUT2D eigenvalue weighted by Gasteiger charge is -2.23. The van der Waals surface area contributed by atoms with Gasteiger partial charge in [0.2, 0.25) is 29.1 Å². The fourth-order valence-electron chi connectivity index (χ4n) is 5.92. The van der Waals surface area contributed by atoms with Gasteiger partial charge in [-0.15, -0.1) is 0 Å². The summed E-state index contributed by atoms with van der Waals surface area (Å²) in [7, 11) is -1.56. The van der Waals surface area contributed by atoms with Crippen LogP contribution in [0.2, 0.25) is 0 Å². The Labute approximate surface area is 237 Å². The molecule has 0 aliphatic carbocycles. The standard InChI is InChI=1S/C30H12BF5N6O/c32-19-20(33)22(35)24(23(36)21(19)34)43-31-41-27-15-9-3-5-11-17(15)29(41)40-30-18-12-6-4-10-16(18)28(42(30)31)39-26-14-8-2-1-7-13(14)25(37-26)38-27/h1-12H. The highest BCUT2D eigenvalue weighted by Gasteiger charge is 2.42. The van der Waals surface area contributed by atoms with Crippen molar-refractivity contribution >= 4 is 52.0 Å². The number of hydrogen-bond acceptors (Lipinski definition) is 5. The summed E-state index contributed by atoms with van der Waals surface area (Å²) in [5, 5.41) is 2.46. The van der Waals surface area contributed by atoms with Gasteiger partial charge in [0, 0.05) is 32.7 Å². The first-order chi connectivity index (χ1) is 20.9. The first-order valence-corrected chi connectivity index (χ1v) is 13.1. The molecule has 13 heteroatoms. The van der Waals surface area contributed by atoms with Gasteiger partial charge in [-0.05, 0) is 0 Å². The van der Waals surface area contributed by atoms with Gasteiger partial charge in [-0.1, -0.05) is 72.8 Å². The van der Waals surface area contributed by atoms with Crippen molar-refractivity contribution in [2.75, 3.05) is 0 Å². The molecule has 5 heterocycles. The van der Waals surface area contributed by atoms with E-state index < -0.39 is 42.0 Å². The van der Waals surface area contributed by atoms with Crippen LogP contribution in [0.5, 0.6) is 5.75 Å². The van der Waals surface area contributed by atoms with Crippen molar-refractivity contribution in [1.82, 2.24) is 8.96 Å². The van der Waals surface area contributed by atoms with E-state index in [0.29, 0.717) is 55.6 Å². The Morgan fingerprint density at radius 2 is 0.953 bits per heavy atom. The van der Waals surface area contributed by atoms with Crippen LogP contribution in [-0.2, 0) is 0 Å². The van der Waals surface area contributed by atoms with E-state index >= 15 is 8.78 Å². The zero-order valence-electron chi connectivity index (χ0n) is 21.5. The molecule has 0 spiro atoms. The van der Waals surface area contributed by atoms with E-state index in [-0.39, 0.29) is 11.3 Å². The van der Waals surface area contributed by atoms with Crippen molar-refractivity contribution in [1.29, 1.82) is 0 Å². The van der Waals surface area contributed by atoms with Crippen molar-refractivity contribution in [3.05, 3.63) is 124 Å². The third kappa shape index (κ3) is 3.02. The van der Waals surface area contributed by atoms with Gasteiger partial charge in [0.05, 0.1) is 0 Å². The molecule has 0 saturated carbocycles. The van der Waals surface area contributed by atoms with E-state index in [1.165, 1.54) is 8.96 Å². The highest BCUT2D eigenvalue weighted by molar-refractivity contribution is 6.52. The van der Waals surface area contributed by atoms with Gasteiger partial charge in [-0.25, -0.2) is 33.1 Å². The molecule has 9 rings (SSSR count). The van der Waals surface area contributed by atoms with E-state index in [9.17, 15) is 13.2 Å². The minimum Gasteiger partial charge on any atom is -0.518 e. The number of aliphatic imine (C=N–C) groups is 2. The van der Waals surface area contributed by atoms with E-state index in [4.69, 9.17) is 24.6 Å². The number of nitrogens with zero attached hydrogens (tertiary/aromatic N) is 6. The topological polar surface area (TPSA) is 68.5 Å². The number of fused-ring (bicyclic) bond motifs is 10. The highest BCUT2D eigenvalue weighted by Crippen LogP contribution is 2.41. The largest absolute Gasteiger partial charge is 0.633 e. The second-order valence-electron chi connectivity index (χ2n) is 10.1. The van der Waals surface area contributed by atoms with Gasteiger partial charge in [-0.3, -0.25) is 8.96 Å². The number of aromatic nitrogens is 2. The first kappa shape index (κ1) is 24.1. The molecule has 0 unspecified atom stereocenters. The molecule has 0 fully saturated rings. The first-order valence-electron chi connectivity index (χ1n) is 13.1. The van der Waals surface area contributed by atoms with Crippen LogP contribution in [0, 0.1) is 29.1 Å². The second-order valence-corrected chi connectivity index (χ2v) is 10.1. The van der Waals surface area contributed by atoms with Crippen molar-refractivity contribution in [2.24, 2.45) is 20.0 Å². The zero-order chi connectivity index (χ0) is 29.1. The lowest BCUT2D eigenvalue weighted by atomic mass is 9.98. The molecule has 7 nitrogen and oxygen atoms in total. The summed E-state index contributed by atoms with van der Waals surface area (Å²) in [6.07, 6.45) is 0. The molecule has 0 amide bonds. The predicted molar refractivity (Wildman–Crippen MR) is 148 cm³/mol. The number of benzene rings is 4. The van der Waals surface area contributed by atoms with Gasteiger partial charge < -0.3 is 4.65 Å². The van der Waals surface area contributed by atoms with Crippen LogP contribution < -0.4 is 15.6 Å². The highest BCUT2D eigenvalue weighted by atomic mass is 19.2. The normalized spacial score (nSPS) is 14.3. The summed E-state index contributed by atoms with van der Waals surface area (Å²) in [6, 6.07) is 21.7. The molecule has 6 aromatic rings. The lowest BCUT2D eigenvalue weighted by molar-refractivity contribution is 0.344. The molecule has 3 aliphatic heterocycles. The molecule has 4 aromatic carbocycles. The van der Waals surface area contributed by atoms with Crippen LogP contribution in [0.4, 0.5) is 33.6 Å². The molecule has 43 heavy (non-hydrogen) atoms. The Bertz CT molecular complexity index is 2440. The lowest BCUT2D eigenvalue weighted by Crippen LogP contribution is -2.52. The third-order valence-electron chi connectivity index (χ3n) is 7.82. The maximum Gasteiger partial charge on any atom is 0.633 e. The Morgan fingerprint density at radius 3 is 1.56 bits per heavy atom. The van der Waals surface area contributed by atoms with Crippen LogP contribution in [0.25, 0.3) is 21.5 Å². The average molecular weight is 578 g/mol. The SMILES string of the molecule is Fc1c(F)c(F)c(OB2n3c4c5ccccc5c3N=c3c5ccccc5c(n32)=NC2=NC(=N4)c3ccccc32)c(F)c1F. The maximum absolute atomic E-state index is 15.1. The minimum absolute atomic E-state index is 0.259. The number of rotatable bonds is 2. The summed E-state index contributed by atoms with van der Waals surface area (Å²) < 4.78 is 81.8. The van der Waals surface area contributed by atoms with E-state index in [0.717, 1.165) is 0 Å². The van der Waals surface area contributed by atoms with Gasteiger partial charge in [-0.2, -0.15) is 8.78 Å². The summed E-state index contributed by atoms with van der Waals surface area (Å²) in [5.74, 6) is -11.0. The molecule has 3 aliphatic rings. The number of amidine groups is 2. The summed E-state index contributed by atoms with van der Waals surface area (Å²) >= 11 is 0.